The molecule has 0 aromatic rings. The second kappa shape index (κ2) is 5.79. The van der Waals surface area contributed by atoms with Crippen LogP contribution < -0.4 is 0 Å². The van der Waals surface area contributed by atoms with E-state index < -0.39 is 23.4 Å². The van der Waals surface area contributed by atoms with Gasteiger partial charge in [0.25, 0.3) is 5.54 Å². The average molecular weight is 219 g/mol. The lowest BCUT2D eigenvalue weighted by Crippen LogP contribution is -2.47. The molecular weight excluding hydrogens is 202 g/mol. The Hall–Kier alpha value is -0.980. The zero-order valence-electron chi connectivity index (χ0n) is 8.97. The summed E-state index contributed by atoms with van der Waals surface area (Å²) in [6.45, 7) is 5.60. The van der Waals surface area contributed by atoms with Crippen molar-refractivity contribution >= 4 is 0 Å². The summed E-state index contributed by atoms with van der Waals surface area (Å²) in [7, 11) is 0. The van der Waals surface area contributed by atoms with Crippen molar-refractivity contribution in [2.75, 3.05) is 13.2 Å². The third-order valence-corrected chi connectivity index (χ3v) is 2.27. The largest absolute Gasteiger partial charge is 0.389 e. The van der Waals surface area contributed by atoms with E-state index >= 15 is 0 Å². The van der Waals surface area contributed by atoms with Crippen molar-refractivity contribution in [2.24, 2.45) is 0 Å². The van der Waals surface area contributed by atoms with Crippen LogP contribution in [0.5, 0.6) is 0 Å². The van der Waals surface area contributed by atoms with Gasteiger partial charge in [0, 0.05) is 11.3 Å². The molecule has 0 amide bonds. The molecule has 0 aliphatic carbocycles. The van der Waals surface area contributed by atoms with Gasteiger partial charge in [0.05, 0.1) is 0 Å². The Balaban J connectivity index is 4.43. The van der Waals surface area contributed by atoms with Crippen LogP contribution in [0.3, 0.4) is 0 Å². The van der Waals surface area contributed by atoms with Crippen LogP contribution in [-0.2, 0) is 4.74 Å². The molecule has 88 valence electrons. The number of aliphatic hydroxyl groups is 2. The van der Waals surface area contributed by atoms with Gasteiger partial charge in [0.1, 0.15) is 13.2 Å². The smallest absolute Gasteiger partial charge is 0.267 e. The molecule has 0 radical (unpaired) electrons. The zero-order valence-corrected chi connectivity index (χ0v) is 8.97. The third-order valence-electron chi connectivity index (χ3n) is 2.27. The molecule has 15 heavy (non-hydrogen) atoms. The molecule has 0 heterocycles. The van der Waals surface area contributed by atoms with Crippen molar-refractivity contribution in [1.82, 2.24) is 0 Å². The highest BCUT2D eigenvalue weighted by Gasteiger charge is 2.41. The van der Waals surface area contributed by atoms with Crippen LogP contribution >= 0.6 is 0 Å². The van der Waals surface area contributed by atoms with Gasteiger partial charge in [-0.05, 0) is 12.5 Å². The molecule has 0 saturated carbocycles. The lowest BCUT2D eigenvalue weighted by molar-refractivity contribution is -0.580. The monoisotopic (exact) mass is 219 g/mol. The average Bonchev–Trinajstić information content (AvgIpc) is 2.19. The van der Waals surface area contributed by atoms with Crippen molar-refractivity contribution in [2.45, 2.75) is 32.1 Å². The van der Waals surface area contributed by atoms with Crippen molar-refractivity contribution in [1.29, 1.82) is 0 Å². The number of ether oxygens (including phenoxy) is 1. The first kappa shape index (κ1) is 14.0. The van der Waals surface area contributed by atoms with Gasteiger partial charge in [-0.3, -0.25) is 10.1 Å². The van der Waals surface area contributed by atoms with Crippen molar-refractivity contribution in [3.05, 3.63) is 22.3 Å². The van der Waals surface area contributed by atoms with E-state index in [0.717, 1.165) is 0 Å². The normalized spacial score (nSPS) is 16.8. The Bertz CT molecular complexity index is 237. The quantitative estimate of drug-likeness (QED) is 0.278. The molecule has 0 aliphatic heterocycles. The van der Waals surface area contributed by atoms with Gasteiger partial charge >= 0.3 is 0 Å². The van der Waals surface area contributed by atoms with Gasteiger partial charge in [0.2, 0.25) is 0 Å². The summed E-state index contributed by atoms with van der Waals surface area (Å²) < 4.78 is 4.87. The van der Waals surface area contributed by atoms with Gasteiger partial charge < -0.3 is 14.9 Å². The fourth-order valence-electron chi connectivity index (χ4n) is 0.875. The topological polar surface area (TPSA) is 92.8 Å². The van der Waals surface area contributed by atoms with E-state index in [9.17, 15) is 15.2 Å². The minimum Gasteiger partial charge on any atom is -0.389 e. The number of aliphatic hydroxyl groups excluding tert-OH is 2. The highest BCUT2D eigenvalue weighted by Crippen LogP contribution is 2.16. The molecule has 0 bridgehead atoms. The van der Waals surface area contributed by atoms with Gasteiger partial charge in [-0.25, -0.2) is 0 Å². The molecule has 2 atom stereocenters. The second-order valence-corrected chi connectivity index (χ2v) is 3.50. The molecule has 0 fully saturated rings. The molecule has 0 spiro atoms. The van der Waals surface area contributed by atoms with E-state index in [-0.39, 0.29) is 13.0 Å². The lowest BCUT2D eigenvalue weighted by Gasteiger charge is -2.23. The van der Waals surface area contributed by atoms with Crippen LogP contribution in [0.15, 0.2) is 12.2 Å². The van der Waals surface area contributed by atoms with Gasteiger partial charge in [-0.1, -0.05) is 13.5 Å². The first-order valence-corrected chi connectivity index (χ1v) is 4.60. The van der Waals surface area contributed by atoms with Gasteiger partial charge in [-0.2, -0.15) is 0 Å². The number of nitrogens with zero attached hydrogens (tertiary/aromatic N) is 1. The van der Waals surface area contributed by atoms with Gasteiger partial charge in [0.15, 0.2) is 6.29 Å². The second-order valence-electron chi connectivity index (χ2n) is 3.50. The summed E-state index contributed by atoms with van der Waals surface area (Å²) in [6, 6.07) is 0. The van der Waals surface area contributed by atoms with E-state index in [1.807, 2.05) is 0 Å². The van der Waals surface area contributed by atoms with E-state index in [1.54, 1.807) is 13.8 Å². The van der Waals surface area contributed by atoms with Crippen LogP contribution in [0.2, 0.25) is 0 Å². The molecule has 2 unspecified atom stereocenters. The Labute approximate surface area is 88.3 Å². The first-order valence-electron chi connectivity index (χ1n) is 4.60. The number of rotatable bonds is 7. The molecule has 2 N–H and O–H groups in total. The van der Waals surface area contributed by atoms with Crippen LogP contribution in [-0.4, -0.2) is 40.2 Å². The maximum Gasteiger partial charge on any atom is 0.267 e. The minimum atomic E-state index is -1.55. The molecule has 6 nitrogen and oxygen atoms in total. The summed E-state index contributed by atoms with van der Waals surface area (Å²) in [4.78, 5) is 10.1. The molecular formula is C9H17NO5. The van der Waals surface area contributed by atoms with Crippen LogP contribution in [0.25, 0.3) is 0 Å². The summed E-state index contributed by atoms with van der Waals surface area (Å²) in [5.41, 5.74) is -1.18. The number of hydrogen-bond acceptors (Lipinski definition) is 5. The van der Waals surface area contributed by atoms with E-state index in [2.05, 4.69) is 6.58 Å². The standard InChI is InChI=1S/C9H17NO5/c1-4-9(5-11,10(13)14)6-15-8(12)7(2)3/h8,11-12H,2,4-6H2,1,3H3. The zero-order chi connectivity index (χ0) is 12.1. The number of hydrogen-bond donors (Lipinski definition) is 2. The highest BCUT2D eigenvalue weighted by molar-refractivity contribution is 4.92. The molecule has 6 heteroatoms. The lowest BCUT2D eigenvalue weighted by atomic mass is 10.00. The summed E-state index contributed by atoms with van der Waals surface area (Å²) >= 11 is 0. The van der Waals surface area contributed by atoms with Crippen molar-refractivity contribution in [3.63, 3.8) is 0 Å². The van der Waals surface area contributed by atoms with Crippen LogP contribution in [0, 0.1) is 10.1 Å². The third kappa shape index (κ3) is 3.58. The summed E-state index contributed by atoms with van der Waals surface area (Å²) in [5.74, 6) is 0. The van der Waals surface area contributed by atoms with Crippen LogP contribution in [0.1, 0.15) is 20.3 Å². The van der Waals surface area contributed by atoms with E-state index in [0.29, 0.717) is 5.57 Å². The van der Waals surface area contributed by atoms with Crippen molar-refractivity contribution in [3.8, 4) is 0 Å². The summed E-state index contributed by atoms with van der Waals surface area (Å²) in [5, 5.41) is 28.9. The fourth-order valence-corrected chi connectivity index (χ4v) is 0.875. The Kier molecular flexibility index (Phi) is 5.41. The molecule has 0 aliphatic rings. The number of nitro groups is 1. The van der Waals surface area contributed by atoms with E-state index in [1.165, 1.54) is 0 Å². The van der Waals surface area contributed by atoms with Gasteiger partial charge in [-0.15, -0.1) is 0 Å². The predicted octanol–water partition coefficient (Wildman–Crippen LogP) is 0.315. The molecule has 0 saturated heterocycles. The van der Waals surface area contributed by atoms with Crippen molar-refractivity contribution < 1.29 is 19.9 Å². The fraction of sp³-hybridized carbons (Fsp3) is 0.778. The predicted molar refractivity (Wildman–Crippen MR) is 53.9 cm³/mol. The Morgan fingerprint density at radius 1 is 1.73 bits per heavy atom. The molecule has 0 aromatic heterocycles. The maximum atomic E-state index is 10.7. The molecule has 0 rings (SSSR count). The SMILES string of the molecule is C=C(C)C(O)OCC(CC)(CO)[N+](=O)[O-]. The minimum absolute atomic E-state index is 0.124. The maximum absolute atomic E-state index is 10.7. The molecule has 0 aromatic carbocycles. The summed E-state index contributed by atoms with van der Waals surface area (Å²) in [6.07, 6.45) is -1.11. The van der Waals surface area contributed by atoms with Crippen LogP contribution in [0.4, 0.5) is 0 Å². The van der Waals surface area contributed by atoms with E-state index in [4.69, 9.17) is 9.84 Å². The Morgan fingerprint density at radius 3 is 2.53 bits per heavy atom. The Morgan fingerprint density at radius 2 is 2.27 bits per heavy atom. The first-order chi connectivity index (χ1) is 6.89. The highest BCUT2D eigenvalue weighted by atomic mass is 16.6.